The molecule has 0 radical (unpaired) electrons. The van der Waals surface area contributed by atoms with Crippen molar-refractivity contribution in [3.05, 3.63) is 54.2 Å². The van der Waals surface area contributed by atoms with E-state index in [9.17, 15) is 14.4 Å². The molecule has 9 heteroatoms. The molecule has 1 saturated heterocycles. The van der Waals surface area contributed by atoms with Crippen molar-refractivity contribution >= 4 is 21.6 Å². The number of aromatic amines is 1. The minimum Gasteiger partial charge on any atom is -0.376 e. The standard InChI is InChI=1S/C18H22N4O4S/c1-3-21-15(23)14-11(2)13(10-20-7-6-19-17(20)24)27-16(14)22(18(21)25)9-12-5-4-8-26-12/h6-7,12H,3-5,8-10H2,1-2H3,(H,19,24). The van der Waals surface area contributed by atoms with Gasteiger partial charge in [0.2, 0.25) is 0 Å². The monoisotopic (exact) mass is 390 g/mol. The van der Waals surface area contributed by atoms with Crippen LogP contribution in [0.25, 0.3) is 10.2 Å². The molecule has 0 aliphatic carbocycles. The van der Waals surface area contributed by atoms with Crippen molar-refractivity contribution in [1.29, 1.82) is 0 Å². The summed E-state index contributed by atoms with van der Waals surface area (Å²) in [5.41, 5.74) is 0.0746. The Morgan fingerprint density at radius 2 is 2.11 bits per heavy atom. The molecule has 1 atom stereocenters. The fraction of sp³-hybridized carbons (Fsp3) is 0.500. The molecule has 1 fully saturated rings. The van der Waals surface area contributed by atoms with Gasteiger partial charge in [0, 0.05) is 30.4 Å². The highest BCUT2D eigenvalue weighted by molar-refractivity contribution is 7.18. The molecular formula is C18H22N4O4S. The molecule has 8 nitrogen and oxygen atoms in total. The van der Waals surface area contributed by atoms with Gasteiger partial charge in [-0.1, -0.05) is 0 Å². The van der Waals surface area contributed by atoms with Crippen LogP contribution in [0.3, 0.4) is 0 Å². The summed E-state index contributed by atoms with van der Waals surface area (Å²) in [6, 6.07) is 0. The summed E-state index contributed by atoms with van der Waals surface area (Å²) >= 11 is 1.41. The molecule has 0 amide bonds. The van der Waals surface area contributed by atoms with Crippen molar-refractivity contribution in [3.63, 3.8) is 0 Å². The Morgan fingerprint density at radius 3 is 2.74 bits per heavy atom. The zero-order chi connectivity index (χ0) is 19.1. The fourth-order valence-corrected chi connectivity index (χ4v) is 4.95. The molecule has 0 spiro atoms. The third-order valence-corrected chi connectivity index (χ3v) is 6.46. The van der Waals surface area contributed by atoms with Crippen LogP contribution >= 0.6 is 11.3 Å². The molecule has 4 heterocycles. The van der Waals surface area contributed by atoms with Gasteiger partial charge in [-0.15, -0.1) is 11.3 Å². The Labute approximate surface area is 158 Å². The summed E-state index contributed by atoms with van der Waals surface area (Å²) in [4.78, 5) is 41.9. The Hall–Kier alpha value is -2.39. The third-order valence-electron chi connectivity index (χ3n) is 5.16. The molecule has 1 N–H and O–H groups in total. The van der Waals surface area contributed by atoms with Crippen LogP contribution in [-0.4, -0.2) is 31.4 Å². The normalized spacial score (nSPS) is 17.2. The average molecular weight is 390 g/mol. The molecule has 0 saturated carbocycles. The highest BCUT2D eigenvalue weighted by Gasteiger charge is 2.23. The Morgan fingerprint density at radius 1 is 1.30 bits per heavy atom. The van der Waals surface area contributed by atoms with Crippen LogP contribution in [0.2, 0.25) is 0 Å². The number of rotatable bonds is 5. The van der Waals surface area contributed by atoms with E-state index in [1.807, 2.05) is 6.92 Å². The lowest BCUT2D eigenvalue weighted by molar-refractivity contribution is 0.0966. The van der Waals surface area contributed by atoms with Gasteiger partial charge in [-0.05, 0) is 32.3 Å². The summed E-state index contributed by atoms with van der Waals surface area (Å²) in [5, 5.41) is 0.568. The molecule has 0 aromatic carbocycles. The zero-order valence-electron chi connectivity index (χ0n) is 15.4. The van der Waals surface area contributed by atoms with Gasteiger partial charge in [0.05, 0.1) is 24.6 Å². The van der Waals surface area contributed by atoms with Gasteiger partial charge in [0.1, 0.15) is 4.83 Å². The number of imidazole rings is 1. The maximum atomic E-state index is 12.9. The summed E-state index contributed by atoms with van der Waals surface area (Å²) in [6.45, 7) is 5.52. The van der Waals surface area contributed by atoms with Crippen LogP contribution in [0.15, 0.2) is 26.8 Å². The minimum atomic E-state index is -0.294. The highest BCUT2D eigenvalue weighted by Crippen LogP contribution is 2.29. The maximum Gasteiger partial charge on any atom is 0.332 e. The average Bonchev–Trinajstić information content (AvgIpc) is 3.36. The molecule has 27 heavy (non-hydrogen) atoms. The molecule has 1 aliphatic heterocycles. The fourth-order valence-electron chi connectivity index (χ4n) is 3.65. The zero-order valence-corrected chi connectivity index (χ0v) is 16.2. The van der Waals surface area contributed by atoms with Crippen molar-refractivity contribution in [2.24, 2.45) is 0 Å². The number of fused-ring (bicyclic) bond motifs is 1. The maximum absolute atomic E-state index is 12.9. The van der Waals surface area contributed by atoms with Crippen LogP contribution in [-0.2, 0) is 24.4 Å². The second-order valence-corrected chi connectivity index (χ2v) is 7.88. The summed E-state index contributed by atoms with van der Waals surface area (Å²) in [7, 11) is 0. The molecule has 144 valence electrons. The van der Waals surface area contributed by atoms with Crippen molar-refractivity contribution in [1.82, 2.24) is 18.7 Å². The SMILES string of the molecule is CCn1c(=O)c2c(C)c(Cn3cc[nH]c3=O)sc2n(CC2CCCO2)c1=O. The number of ether oxygens (including phenoxy) is 1. The molecule has 4 rings (SSSR count). The van der Waals surface area contributed by atoms with E-state index >= 15 is 0 Å². The number of nitrogens with zero attached hydrogens (tertiary/aromatic N) is 3. The molecule has 3 aromatic heterocycles. The minimum absolute atomic E-state index is 0.00754. The topological polar surface area (TPSA) is 91.0 Å². The van der Waals surface area contributed by atoms with Gasteiger partial charge >= 0.3 is 11.4 Å². The van der Waals surface area contributed by atoms with Gasteiger partial charge < -0.3 is 9.72 Å². The van der Waals surface area contributed by atoms with Crippen molar-refractivity contribution in [2.75, 3.05) is 6.61 Å². The number of aromatic nitrogens is 4. The Kier molecular flexibility index (Phi) is 4.65. The van der Waals surface area contributed by atoms with E-state index in [0.717, 1.165) is 23.3 Å². The first-order valence-corrected chi connectivity index (χ1v) is 9.94. The summed E-state index contributed by atoms with van der Waals surface area (Å²) < 4.78 is 10.2. The lowest BCUT2D eigenvalue weighted by atomic mass is 10.2. The van der Waals surface area contributed by atoms with Crippen LogP contribution in [0.4, 0.5) is 0 Å². The number of nitrogens with one attached hydrogen (secondary N) is 1. The van der Waals surface area contributed by atoms with Gasteiger partial charge in [-0.2, -0.15) is 0 Å². The van der Waals surface area contributed by atoms with Crippen LogP contribution in [0, 0.1) is 6.92 Å². The summed E-state index contributed by atoms with van der Waals surface area (Å²) in [6.07, 6.45) is 5.15. The van der Waals surface area contributed by atoms with E-state index in [1.165, 1.54) is 15.9 Å². The van der Waals surface area contributed by atoms with Crippen LogP contribution < -0.4 is 16.9 Å². The largest absolute Gasteiger partial charge is 0.376 e. The van der Waals surface area contributed by atoms with Gasteiger partial charge in [-0.25, -0.2) is 9.59 Å². The smallest absolute Gasteiger partial charge is 0.332 e. The highest BCUT2D eigenvalue weighted by atomic mass is 32.1. The second-order valence-electron chi connectivity index (χ2n) is 6.80. The molecule has 1 aliphatic rings. The lowest BCUT2D eigenvalue weighted by Crippen LogP contribution is -2.40. The first-order valence-electron chi connectivity index (χ1n) is 9.12. The molecule has 0 bridgehead atoms. The van der Waals surface area contributed by atoms with Crippen LogP contribution in [0.5, 0.6) is 0 Å². The number of aryl methyl sites for hydroxylation is 1. The van der Waals surface area contributed by atoms with Crippen LogP contribution in [0.1, 0.15) is 30.2 Å². The van der Waals surface area contributed by atoms with Gasteiger partial charge in [0.15, 0.2) is 0 Å². The number of thiophene rings is 1. The number of H-pyrrole nitrogens is 1. The van der Waals surface area contributed by atoms with Gasteiger partial charge in [0.25, 0.3) is 5.56 Å². The number of hydrogen-bond acceptors (Lipinski definition) is 5. The van der Waals surface area contributed by atoms with E-state index < -0.39 is 0 Å². The quantitative estimate of drug-likeness (QED) is 0.710. The summed E-state index contributed by atoms with van der Waals surface area (Å²) in [5.74, 6) is 0. The first-order chi connectivity index (χ1) is 13.0. The predicted octanol–water partition coefficient (Wildman–Crippen LogP) is 1.27. The van der Waals surface area contributed by atoms with E-state index in [-0.39, 0.29) is 23.0 Å². The molecule has 3 aromatic rings. The third kappa shape index (κ3) is 3.00. The molecular weight excluding hydrogens is 368 g/mol. The van der Waals surface area contributed by atoms with E-state index in [4.69, 9.17) is 4.74 Å². The Balaban J connectivity index is 1.91. The first kappa shape index (κ1) is 18.0. The Bertz CT molecular complexity index is 1160. The predicted molar refractivity (Wildman–Crippen MR) is 104 cm³/mol. The second kappa shape index (κ2) is 6.97. The lowest BCUT2D eigenvalue weighted by Gasteiger charge is -2.14. The van der Waals surface area contributed by atoms with Gasteiger partial charge in [-0.3, -0.25) is 18.5 Å². The van der Waals surface area contributed by atoms with Crippen molar-refractivity contribution in [3.8, 4) is 0 Å². The van der Waals surface area contributed by atoms with E-state index in [1.54, 1.807) is 28.5 Å². The number of hydrogen-bond donors (Lipinski definition) is 1. The van der Waals surface area contributed by atoms with Crippen molar-refractivity contribution in [2.45, 2.75) is 52.4 Å². The molecule has 1 unspecified atom stereocenters. The van der Waals surface area contributed by atoms with E-state index in [0.29, 0.717) is 36.5 Å². The van der Waals surface area contributed by atoms with E-state index in [2.05, 4.69) is 4.98 Å². The van der Waals surface area contributed by atoms with Crippen molar-refractivity contribution < 1.29 is 4.74 Å².